The van der Waals surface area contributed by atoms with E-state index in [1.165, 1.54) is 25.7 Å². The molecule has 1 heterocycles. The Kier molecular flexibility index (Phi) is 8.61. The van der Waals surface area contributed by atoms with Crippen LogP contribution in [0.1, 0.15) is 79.1 Å². The summed E-state index contributed by atoms with van der Waals surface area (Å²) in [6, 6.07) is 8.12. The molecule has 32 heavy (non-hydrogen) atoms. The minimum Gasteiger partial charge on any atom is -0.368 e. The first-order valence-electron chi connectivity index (χ1n) is 12.6. The molecule has 2 fully saturated rings. The molecule has 0 spiro atoms. The number of hydrogen-bond acceptors (Lipinski definition) is 3. The molecule has 0 radical (unpaired) electrons. The van der Waals surface area contributed by atoms with Crippen molar-refractivity contribution in [3.8, 4) is 0 Å². The maximum absolute atomic E-state index is 12.6. The van der Waals surface area contributed by atoms with Crippen molar-refractivity contribution in [2.24, 2.45) is 17.3 Å². The molecule has 2 amide bonds. The molecule has 1 saturated heterocycles. The third-order valence-electron chi connectivity index (χ3n) is 6.88. The minimum atomic E-state index is 0.0826. The van der Waals surface area contributed by atoms with Gasteiger partial charge >= 0.3 is 0 Å². The number of piperazine rings is 1. The Morgan fingerprint density at radius 3 is 2.25 bits per heavy atom. The van der Waals surface area contributed by atoms with Crippen LogP contribution in [0.25, 0.3) is 0 Å². The zero-order valence-electron chi connectivity index (χ0n) is 20.7. The quantitative estimate of drug-likeness (QED) is 0.562. The fourth-order valence-corrected chi connectivity index (χ4v) is 5.40. The normalized spacial score (nSPS) is 18.6. The predicted octanol–water partition coefficient (Wildman–Crippen LogP) is 5.71. The summed E-state index contributed by atoms with van der Waals surface area (Å²) in [7, 11) is 0. The average molecular weight is 442 g/mol. The number of carbonyl (C=O) groups excluding carboxylic acids is 2. The molecule has 0 aromatic heterocycles. The number of hydrogen-bond donors (Lipinski definition) is 1. The number of nitrogens with one attached hydrogen (secondary N) is 1. The van der Waals surface area contributed by atoms with E-state index in [2.05, 4.69) is 50.0 Å². The molecule has 0 bridgehead atoms. The van der Waals surface area contributed by atoms with Gasteiger partial charge in [-0.1, -0.05) is 53.4 Å². The summed E-state index contributed by atoms with van der Waals surface area (Å²) in [6.45, 7) is 12.1. The summed E-state index contributed by atoms with van der Waals surface area (Å²) in [6.07, 6.45) is 8.69. The number of carbonyl (C=O) groups is 2. The first kappa shape index (κ1) is 24.6. The maximum atomic E-state index is 12.6. The van der Waals surface area contributed by atoms with E-state index in [0.29, 0.717) is 24.7 Å². The Balaban J connectivity index is 1.40. The molecule has 178 valence electrons. The van der Waals surface area contributed by atoms with Crippen molar-refractivity contribution in [2.45, 2.75) is 79.1 Å². The van der Waals surface area contributed by atoms with E-state index in [0.717, 1.165) is 56.3 Å². The molecular weight excluding hydrogens is 398 g/mol. The largest absolute Gasteiger partial charge is 0.368 e. The maximum Gasteiger partial charge on any atom is 0.224 e. The summed E-state index contributed by atoms with van der Waals surface area (Å²) in [5.74, 6) is 1.56. The van der Waals surface area contributed by atoms with E-state index in [4.69, 9.17) is 0 Å². The fourth-order valence-electron chi connectivity index (χ4n) is 5.40. The first-order valence-corrected chi connectivity index (χ1v) is 12.6. The molecule has 2 aliphatic rings. The lowest BCUT2D eigenvalue weighted by atomic mass is 9.84. The van der Waals surface area contributed by atoms with Crippen LogP contribution in [0.5, 0.6) is 0 Å². The van der Waals surface area contributed by atoms with Crippen LogP contribution in [0.15, 0.2) is 24.3 Å². The highest BCUT2D eigenvalue weighted by Crippen LogP contribution is 2.29. The molecule has 1 atom stereocenters. The van der Waals surface area contributed by atoms with Gasteiger partial charge in [-0.3, -0.25) is 9.59 Å². The van der Waals surface area contributed by atoms with Gasteiger partial charge in [-0.05, 0) is 54.4 Å². The van der Waals surface area contributed by atoms with Crippen LogP contribution in [0, 0.1) is 17.3 Å². The van der Waals surface area contributed by atoms with Gasteiger partial charge in [-0.15, -0.1) is 0 Å². The third-order valence-corrected chi connectivity index (χ3v) is 6.88. The summed E-state index contributed by atoms with van der Waals surface area (Å²) >= 11 is 0. The molecule has 1 aromatic rings. The van der Waals surface area contributed by atoms with E-state index < -0.39 is 0 Å². The number of amides is 2. The van der Waals surface area contributed by atoms with Crippen LogP contribution in [0.4, 0.5) is 11.4 Å². The molecule has 1 N–H and O–H groups in total. The lowest BCUT2D eigenvalue weighted by Gasteiger charge is -2.36. The zero-order chi connectivity index (χ0) is 23.1. The van der Waals surface area contributed by atoms with Crippen molar-refractivity contribution >= 4 is 23.2 Å². The van der Waals surface area contributed by atoms with Gasteiger partial charge in [0.1, 0.15) is 0 Å². The van der Waals surface area contributed by atoms with Gasteiger partial charge in [0, 0.05) is 50.4 Å². The lowest BCUT2D eigenvalue weighted by Crippen LogP contribution is -2.48. The van der Waals surface area contributed by atoms with E-state index in [1.54, 1.807) is 0 Å². The summed E-state index contributed by atoms with van der Waals surface area (Å²) in [5, 5.41) is 3.04. The van der Waals surface area contributed by atoms with Gasteiger partial charge in [0.15, 0.2) is 0 Å². The second-order valence-corrected chi connectivity index (χ2v) is 11.2. The molecule has 5 heteroatoms. The van der Waals surface area contributed by atoms with Crippen LogP contribution >= 0.6 is 0 Å². The van der Waals surface area contributed by atoms with Crippen LogP contribution in [-0.4, -0.2) is 42.9 Å². The van der Waals surface area contributed by atoms with E-state index >= 15 is 0 Å². The van der Waals surface area contributed by atoms with Gasteiger partial charge in [0.2, 0.25) is 11.8 Å². The van der Waals surface area contributed by atoms with E-state index in [-0.39, 0.29) is 11.3 Å². The molecular formula is C27H43N3O2. The standard InChI is InChI=1S/C27H43N3O2/c1-21(20-27(2,3)4)19-25(31)28-23-10-12-24(13-11-23)29-15-17-30(18-16-29)26(32)14-9-22-7-5-6-8-22/h10-13,21-22H,5-9,14-20H2,1-4H3,(H,28,31)/t21-/m1/s1. The summed E-state index contributed by atoms with van der Waals surface area (Å²) < 4.78 is 0. The van der Waals surface area contributed by atoms with Crippen LogP contribution in [-0.2, 0) is 9.59 Å². The smallest absolute Gasteiger partial charge is 0.224 e. The van der Waals surface area contributed by atoms with Crippen LogP contribution < -0.4 is 10.2 Å². The SMILES string of the molecule is C[C@H](CC(=O)Nc1ccc(N2CCN(C(=O)CCC3CCCC3)CC2)cc1)CC(C)(C)C. The Hall–Kier alpha value is -2.04. The van der Waals surface area contributed by atoms with E-state index in [1.807, 2.05) is 17.0 Å². The molecule has 5 nitrogen and oxygen atoms in total. The Bertz CT molecular complexity index is 739. The van der Waals surface area contributed by atoms with Crippen LogP contribution in [0.2, 0.25) is 0 Å². The van der Waals surface area contributed by atoms with Gasteiger partial charge in [-0.25, -0.2) is 0 Å². The number of anilines is 2. The van der Waals surface area contributed by atoms with Crippen molar-refractivity contribution in [3.63, 3.8) is 0 Å². The summed E-state index contributed by atoms with van der Waals surface area (Å²) in [5.41, 5.74) is 2.25. The number of nitrogens with zero attached hydrogens (tertiary/aromatic N) is 2. The van der Waals surface area contributed by atoms with Gasteiger partial charge in [0.05, 0.1) is 0 Å². The van der Waals surface area contributed by atoms with Gasteiger partial charge in [0.25, 0.3) is 0 Å². The topological polar surface area (TPSA) is 52.7 Å². The van der Waals surface area contributed by atoms with Gasteiger partial charge in [-0.2, -0.15) is 0 Å². The van der Waals surface area contributed by atoms with Gasteiger partial charge < -0.3 is 15.1 Å². The first-order chi connectivity index (χ1) is 15.2. The Morgan fingerprint density at radius 1 is 1.03 bits per heavy atom. The number of rotatable bonds is 8. The second kappa shape index (κ2) is 11.2. The molecule has 1 aliphatic carbocycles. The highest BCUT2D eigenvalue weighted by molar-refractivity contribution is 5.91. The highest BCUT2D eigenvalue weighted by atomic mass is 16.2. The molecule has 3 rings (SSSR count). The fraction of sp³-hybridized carbons (Fsp3) is 0.704. The predicted molar refractivity (Wildman–Crippen MR) is 133 cm³/mol. The molecule has 1 saturated carbocycles. The second-order valence-electron chi connectivity index (χ2n) is 11.2. The zero-order valence-corrected chi connectivity index (χ0v) is 20.7. The molecule has 1 aliphatic heterocycles. The monoisotopic (exact) mass is 441 g/mol. The van der Waals surface area contributed by atoms with Crippen molar-refractivity contribution in [1.29, 1.82) is 0 Å². The van der Waals surface area contributed by atoms with E-state index in [9.17, 15) is 9.59 Å². The van der Waals surface area contributed by atoms with Crippen molar-refractivity contribution in [3.05, 3.63) is 24.3 Å². The summed E-state index contributed by atoms with van der Waals surface area (Å²) in [4.78, 5) is 29.3. The average Bonchev–Trinajstić information content (AvgIpc) is 3.25. The Morgan fingerprint density at radius 2 is 1.66 bits per heavy atom. The molecule has 1 aromatic carbocycles. The third kappa shape index (κ3) is 7.83. The highest BCUT2D eigenvalue weighted by Gasteiger charge is 2.23. The van der Waals surface area contributed by atoms with Crippen molar-refractivity contribution in [1.82, 2.24) is 4.90 Å². The number of benzene rings is 1. The van der Waals surface area contributed by atoms with Crippen LogP contribution in [0.3, 0.4) is 0 Å². The Labute approximate surface area is 194 Å². The van der Waals surface area contributed by atoms with Crippen molar-refractivity contribution in [2.75, 3.05) is 36.4 Å². The molecule has 0 unspecified atom stereocenters. The lowest BCUT2D eigenvalue weighted by molar-refractivity contribution is -0.131. The van der Waals surface area contributed by atoms with Crippen molar-refractivity contribution < 1.29 is 9.59 Å². The minimum absolute atomic E-state index is 0.0826.